The summed E-state index contributed by atoms with van der Waals surface area (Å²) in [7, 11) is 0. The Balaban J connectivity index is 1.65. The molecule has 1 aliphatic carbocycles. The normalized spacial score (nSPS) is 15.4. The summed E-state index contributed by atoms with van der Waals surface area (Å²) in [6.45, 7) is 5.87. The van der Waals surface area contributed by atoms with Crippen LogP contribution in [0.5, 0.6) is 0 Å². The lowest BCUT2D eigenvalue weighted by Crippen LogP contribution is -2.49. The molecule has 2 amide bonds. The molecular weight excluding hydrogens is 348 g/mol. The van der Waals surface area contributed by atoms with Gasteiger partial charge in [0, 0.05) is 11.5 Å². The Morgan fingerprint density at radius 3 is 2.42 bits per heavy atom. The van der Waals surface area contributed by atoms with Crippen LogP contribution in [-0.4, -0.2) is 28.1 Å². The fourth-order valence-electron chi connectivity index (χ4n) is 2.75. The number of aryl methyl sites for hydroxylation is 1. The fourth-order valence-corrected chi connectivity index (χ4v) is 3.50. The highest BCUT2D eigenvalue weighted by Gasteiger charge is 2.31. The van der Waals surface area contributed by atoms with Crippen LogP contribution in [0.15, 0.2) is 24.3 Å². The second-order valence-electron chi connectivity index (χ2n) is 7.13. The molecule has 1 aromatic carbocycles. The van der Waals surface area contributed by atoms with Gasteiger partial charge in [-0.3, -0.25) is 14.9 Å². The first-order valence-electron chi connectivity index (χ1n) is 8.96. The maximum Gasteiger partial charge on any atom is 0.249 e. The maximum atomic E-state index is 12.6. The molecule has 26 heavy (non-hydrogen) atoms. The van der Waals surface area contributed by atoms with E-state index in [9.17, 15) is 9.59 Å². The van der Waals surface area contributed by atoms with Crippen molar-refractivity contribution in [2.45, 2.75) is 46.1 Å². The van der Waals surface area contributed by atoms with Crippen LogP contribution in [0.3, 0.4) is 0 Å². The van der Waals surface area contributed by atoms with Gasteiger partial charge in [0.25, 0.3) is 0 Å². The van der Waals surface area contributed by atoms with Gasteiger partial charge in [0.1, 0.15) is 11.0 Å². The maximum absolute atomic E-state index is 12.6. The number of amides is 2. The number of aromatic nitrogens is 2. The summed E-state index contributed by atoms with van der Waals surface area (Å²) < 4.78 is 0. The Morgan fingerprint density at radius 1 is 1.15 bits per heavy atom. The number of nitrogens with one attached hydrogen (secondary N) is 2. The average molecular weight is 372 g/mol. The summed E-state index contributed by atoms with van der Waals surface area (Å²) in [5, 5.41) is 15.1. The Labute approximate surface area is 157 Å². The highest BCUT2D eigenvalue weighted by Crippen LogP contribution is 2.28. The van der Waals surface area contributed by atoms with E-state index in [4.69, 9.17) is 0 Å². The van der Waals surface area contributed by atoms with Crippen molar-refractivity contribution in [1.29, 1.82) is 0 Å². The lowest BCUT2D eigenvalue weighted by molar-refractivity contribution is -0.131. The Hall–Kier alpha value is -2.28. The van der Waals surface area contributed by atoms with Gasteiger partial charge in [0.15, 0.2) is 0 Å². The zero-order chi connectivity index (χ0) is 18.7. The van der Waals surface area contributed by atoms with Crippen LogP contribution in [0.25, 0.3) is 10.6 Å². The average Bonchev–Trinajstić information content (AvgIpc) is 2.99. The largest absolute Gasteiger partial charge is 0.344 e. The molecule has 0 saturated heterocycles. The number of hydrogen-bond donors (Lipinski definition) is 2. The van der Waals surface area contributed by atoms with Crippen LogP contribution in [0.2, 0.25) is 0 Å². The smallest absolute Gasteiger partial charge is 0.249 e. The molecule has 0 unspecified atom stereocenters. The minimum Gasteiger partial charge on any atom is -0.344 e. The molecule has 1 atom stereocenters. The van der Waals surface area contributed by atoms with Crippen molar-refractivity contribution in [3.63, 3.8) is 0 Å². The minimum absolute atomic E-state index is 0.0106. The number of nitrogens with zero attached hydrogens (tertiary/aromatic N) is 2. The molecule has 0 aliphatic heterocycles. The van der Waals surface area contributed by atoms with Crippen molar-refractivity contribution in [3.05, 3.63) is 29.8 Å². The highest BCUT2D eigenvalue weighted by molar-refractivity contribution is 7.18. The van der Waals surface area contributed by atoms with Gasteiger partial charge in [0.2, 0.25) is 16.9 Å². The predicted octanol–water partition coefficient (Wildman–Crippen LogP) is 3.39. The summed E-state index contributed by atoms with van der Waals surface area (Å²) in [5.74, 6) is -0.232. The highest BCUT2D eigenvalue weighted by atomic mass is 32.1. The molecule has 6 nitrogen and oxygen atoms in total. The standard InChI is InChI=1S/C19H24N4O2S/c1-11(2)15(20-16(24)13-5-4-6-13)17(25)21-19-23-22-18(26-19)14-9-7-12(3)8-10-14/h7-11,13,15H,4-6H2,1-3H3,(H,20,24)(H,21,23,25)/t15-/m0/s1. The Morgan fingerprint density at radius 2 is 1.85 bits per heavy atom. The van der Waals surface area contributed by atoms with E-state index in [1.165, 1.54) is 16.9 Å². The summed E-state index contributed by atoms with van der Waals surface area (Å²) in [5.41, 5.74) is 2.14. The lowest BCUT2D eigenvalue weighted by Gasteiger charge is -2.28. The number of hydrogen-bond acceptors (Lipinski definition) is 5. The minimum atomic E-state index is -0.574. The molecule has 0 bridgehead atoms. The van der Waals surface area contributed by atoms with E-state index in [2.05, 4.69) is 20.8 Å². The molecule has 7 heteroatoms. The number of rotatable bonds is 6. The molecule has 1 aromatic heterocycles. The lowest BCUT2D eigenvalue weighted by atomic mass is 9.84. The van der Waals surface area contributed by atoms with E-state index in [1.807, 2.05) is 45.0 Å². The quantitative estimate of drug-likeness (QED) is 0.814. The first-order valence-corrected chi connectivity index (χ1v) is 9.77. The molecule has 1 heterocycles. The number of carbonyl (C=O) groups is 2. The molecule has 1 fully saturated rings. The van der Waals surface area contributed by atoms with E-state index in [0.717, 1.165) is 29.8 Å². The van der Waals surface area contributed by atoms with E-state index in [-0.39, 0.29) is 23.7 Å². The second kappa shape index (κ2) is 7.95. The first kappa shape index (κ1) is 18.5. The van der Waals surface area contributed by atoms with Crippen LogP contribution < -0.4 is 10.6 Å². The summed E-state index contributed by atoms with van der Waals surface area (Å²) in [6, 6.07) is 7.42. The van der Waals surface area contributed by atoms with Crippen molar-refractivity contribution < 1.29 is 9.59 Å². The third kappa shape index (κ3) is 4.27. The molecule has 138 valence electrons. The van der Waals surface area contributed by atoms with Crippen LogP contribution in [0.1, 0.15) is 38.7 Å². The van der Waals surface area contributed by atoms with Crippen molar-refractivity contribution >= 4 is 28.3 Å². The van der Waals surface area contributed by atoms with Crippen molar-refractivity contribution in [2.75, 3.05) is 5.32 Å². The zero-order valence-corrected chi connectivity index (χ0v) is 16.1. The van der Waals surface area contributed by atoms with Gasteiger partial charge in [0.05, 0.1) is 0 Å². The van der Waals surface area contributed by atoms with Crippen molar-refractivity contribution in [3.8, 4) is 10.6 Å². The van der Waals surface area contributed by atoms with E-state index in [1.54, 1.807) is 0 Å². The van der Waals surface area contributed by atoms with E-state index in [0.29, 0.717) is 5.13 Å². The summed E-state index contributed by atoms with van der Waals surface area (Å²) >= 11 is 1.32. The number of anilines is 1. The molecule has 0 spiro atoms. The molecule has 3 rings (SSSR count). The van der Waals surface area contributed by atoms with Crippen LogP contribution in [0.4, 0.5) is 5.13 Å². The summed E-state index contributed by atoms with van der Waals surface area (Å²) in [4.78, 5) is 24.8. The van der Waals surface area contributed by atoms with Crippen molar-refractivity contribution in [2.24, 2.45) is 11.8 Å². The Kier molecular flexibility index (Phi) is 5.66. The molecule has 0 radical (unpaired) electrons. The van der Waals surface area contributed by atoms with Crippen LogP contribution in [-0.2, 0) is 9.59 Å². The Bertz CT molecular complexity index is 781. The molecule has 2 aromatic rings. The molecule has 1 saturated carbocycles. The molecule has 2 N–H and O–H groups in total. The first-order chi connectivity index (χ1) is 12.4. The van der Waals surface area contributed by atoms with Gasteiger partial charge in [-0.1, -0.05) is 61.4 Å². The van der Waals surface area contributed by atoms with Crippen molar-refractivity contribution in [1.82, 2.24) is 15.5 Å². The number of carbonyl (C=O) groups excluding carboxylic acids is 2. The molecule has 1 aliphatic rings. The van der Waals surface area contributed by atoms with Gasteiger partial charge < -0.3 is 5.32 Å². The van der Waals surface area contributed by atoms with Gasteiger partial charge >= 0.3 is 0 Å². The third-order valence-corrected chi connectivity index (χ3v) is 5.56. The van der Waals surface area contributed by atoms with E-state index >= 15 is 0 Å². The second-order valence-corrected chi connectivity index (χ2v) is 8.10. The van der Waals surface area contributed by atoms with Gasteiger partial charge in [-0.25, -0.2) is 0 Å². The zero-order valence-electron chi connectivity index (χ0n) is 15.3. The van der Waals surface area contributed by atoms with Gasteiger partial charge in [-0.2, -0.15) is 0 Å². The molecular formula is C19H24N4O2S. The monoisotopic (exact) mass is 372 g/mol. The number of benzene rings is 1. The predicted molar refractivity (Wildman–Crippen MR) is 103 cm³/mol. The van der Waals surface area contributed by atoms with Crippen LogP contribution in [0, 0.1) is 18.8 Å². The fraction of sp³-hybridized carbons (Fsp3) is 0.474. The van der Waals surface area contributed by atoms with E-state index < -0.39 is 6.04 Å². The topological polar surface area (TPSA) is 84.0 Å². The van der Waals surface area contributed by atoms with Gasteiger partial charge in [-0.05, 0) is 25.7 Å². The van der Waals surface area contributed by atoms with Crippen LogP contribution >= 0.6 is 11.3 Å². The summed E-state index contributed by atoms with van der Waals surface area (Å²) in [6.07, 6.45) is 2.91. The van der Waals surface area contributed by atoms with Gasteiger partial charge in [-0.15, -0.1) is 10.2 Å². The SMILES string of the molecule is Cc1ccc(-c2nnc(NC(=O)[C@@H](NC(=O)C3CCC3)C(C)C)s2)cc1. The third-order valence-electron chi connectivity index (χ3n) is 4.68.